The first-order chi connectivity index (χ1) is 15.4. The summed E-state index contributed by atoms with van der Waals surface area (Å²) < 4.78 is 5.53. The van der Waals surface area contributed by atoms with Crippen LogP contribution in [-0.4, -0.2) is 41.3 Å². The molecule has 32 heavy (non-hydrogen) atoms. The van der Waals surface area contributed by atoms with Crippen molar-refractivity contribution in [3.8, 4) is 11.1 Å². The Kier molecular flexibility index (Phi) is 6.17. The van der Waals surface area contributed by atoms with Gasteiger partial charge in [-0.3, -0.25) is 9.59 Å². The second-order valence-corrected chi connectivity index (χ2v) is 8.62. The van der Waals surface area contributed by atoms with Crippen LogP contribution in [0, 0.1) is 0 Å². The molecule has 2 aliphatic carbocycles. The summed E-state index contributed by atoms with van der Waals surface area (Å²) in [6.45, 7) is 1.96. The number of aliphatic carboxylic acids is 1. The van der Waals surface area contributed by atoms with Crippen LogP contribution in [0.3, 0.4) is 0 Å². The lowest BCUT2D eigenvalue weighted by Crippen LogP contribution is -2.59. The second kappa shape index (κ2) is 9.02. The van der Waals surface area contributed by atoms with Gasteiger partial charge in [0.15, 0.2) is 0 Å². The van der Waals surface area contributed by atoms with Crippen molar-refractivity contribution >= 4 is 18.0 Å². The number of carbonyl (C=O) groups excluding carboxylic acids is 2. The first kappa shape index (κ1) is 21.9. The standard InChI is InChI=1S/C25H28N2O5/c1-2-21(23(30)27-25(12-7-13-25)14-22(28)29)26-24(31)32-15-20-18-10-5-3-8-16(18)17-9-4-6-11-19(17)20/h3-6,8-11,20-21H,2,7,12-15H2,1H3,(H,26,31)(H,27,30)(H,28,29)/t21-/m0/s1. The largest absolute Gasteiger partial charge is 0.481 e. The molecule has 4 rings (SSSR count). The number of rotatable bonds is 8. The highest BCUT2D eigenvalue weighted by atomic mass is 16.5. The summed E-state index contributed by atoms with van der Waals surface area (Å²) >= 11 is 0. The molecule has 1 atom stereocenters. The summed E-state index contributed by atoms with van der Waals surface area (Å²) in [5, 5.41) is 14.6. The predicted octanol–water partition coefficient (Wildman–Crippen LogP) is 3.82. The highest BCUT2D eigenvalue weighted by molar-refractivity contribution is 5.87. The molecule has 1 saturated carbocycles. The Labute approximate surface area is 187 Å². The van der Waals surface area contributed by atoms with Gasteiger partial charge in [0.25, 0.3) is 0 Å². The maximum atomic E-state index is 12.7. The Morgan fingerprint density at radius 2 is 1.66 bits per heavy atom. The average Bonchev–Trinajstić information content (AvgIpc) is 3.08. The molecule has 0 aliphatic heterocycles. The number of ether oxygens (including phenoxy) is 1. The number of alkyl carbamates (subject to hydrolysis) is 1. The summed E-state index contributed by atoms with van der Waals surface area (Å²) in [5.41, 5.74) is 3.82. The monoisotopic (exact) mass is 436 g/mol. The van der Waals surface area contributed by atoms with E-state index < -0.39 is 23.6 Å². The molecule has 0 bridgehead atoms. The summed E-state index contributed by atoms with van der Waals surface area (Å²) in [7, 11) is 0. The smallest absolute Gasteiger partial charge is 0.407 e. The SMILES string of the molecule is CC[C@H](NC(=O)OCC1c2ccccc2-c2ccccc21)C(=O)NC1(CC(=O)O)CCC1. The van der Waals surface area contributed by atoms with Gasteiger partial charge in [0.1, 0.15) is 12.6 Å². The molecule has 2 aromatic rings. The molecule has 0 spiro atoms. The lowest BCUT2D eigenvalue weighted by Gasteiger charge is -2.42. The zero-order chi connectivity index (χ0) is 22.7. The third-order valence-electron chi connectivity index (χ3n) is 6.55. The minimum atomic E-state index is -0.942. The number of fused-ring (bicyclic) bond motifs is 3. The van der Waals surface area contributed by atoms with Crippen molar-refractivity contribution in [2.45, 2.75) is 56.5 Å². The Morgan fingerprint density at radius 3 is 2.16 bits per heavy atom. The van der Waals surface area contributed by atoms with Crippen LogP contribution in [0.15, 0.2) is 48.5 Å². The van der Waals surface area contributed by atoms with Gasteiger partial charge in [-0.25, -0.2) is 4.79 Å². The Balaban J connectivity index is 1.37. The molecule has 168 valence electrons. The maximum Gasteiger partial charge on any atom is 0.407 e. The van der Waals surface area contributed by atoms with Gasteiger partial charge in [-0.2, -0.15) is 0 Å². The van der Waals surface area contributed by atoms with Crippen molar-refractivity contribution in [2.24, 2.45) is 0 Å². The first-order valence-electron chi connectivity index (χ1n) is 11.1. The molecule has 0 saturated heterocycles. The van der Waals surface area contributed by atoms with Crippen molar-refractivity contribution in [3.63, 3.8) is 0 Å². The maximum absolute atomic E-state index is 12.7. The van der Waals surface area contributed by atoms with Crippen molar-refractivity contribution in [1.82, 2.24) is 10.6 Å². The Bertz CT molecular complexity index is 985. The van der Waals surface area contributed by atoms with E-state index in [-0.39, 0.29) is 24.9 Å². The van der Waals surface area contributed by atoms with Gasteiger partial charge in [-0.15, -0.1) is 0 Å². The third kappa shape index (κ3) is 4.33. The molecule has 7 nitrogen and oxygen atoms in total. The number of hydrogen-bond acceptors (Lipinski definition) is 4. The van der Waals surface area contributed by atoms with Crippen LogP contribution in [-0.2, 0) is 14.3 Å². The number of carboxylic acids is 1. The Morgan fingerprint density at radius 1 is 1.06 bits per heavy atom. The van der Waals surface area contributed by atoms with Crippen molar-refractivity contribution < 1.29 is 24.2 Å². The van der Waals surface area contributed by atoms with Crippen molar-refractivity contribution in [1.29, 1.82) is 0 Å². The number of nitrogens with one attached hydrogen (secondary N) is 2. The molecule has 2 aliphatic rings. The summed E-state index contributed by atoms with van der Waals surface area (Å²) in [6, 6.07) is 15.4. The molecule has 0 radical (unpaired) electrons. The predicted molar refractivity (Wildman–Crippen MR) is 119 cm³/mol. The van der Waals surface area contributed by atoms with Crippen LogP contribution >= 0.6 is 0 Å². The van der Waals surface area contributed by atoms with E-state index in [1.807, 2.05) is 36.4 Å². The van der Waals surface area contributed by atoms with E-state index in [1.165, 1.54) is 0 Å². The van der Waals surface area contributed by atoms with E-state index in [0.717, 1.165) is 28.7 Å². The normalized spacial score (nSPS) is 16.8. The van der Waals surface area contributed by atoms with E-state index >= 15 is 0 Å². The van der Waals surface area contributed by atoms with Crippen LogP contribution in [0.25, 0.3) is 11.1 Å². The highest BCUT2D eigenvalue weighted by Gasteiger charge is 2.41. The molecular weight excluding hydrogens is 408 g/mol. The number of carboxylic acid groups (broad SMARTS) is 1. The van der Waals surface area contributed by atoms with Gasteiger partial charge >= 0.3 is 12.1 Å². The summed E-state index contributed by atoms with van der Waals surface area (Å²) in [5.74, 6) is -1.37. The summed E-state index contributed by atoms with van der Waals surface area (Å²) in [4.78, 5) is 36.4. The Hall–Kier alpha value is -3.35. The molecule has 2 amide bonds. The van der Waals surface area contributed by atoms with E-state index in [9.17, 15) is 14.4 Å². The molecular formula is C25H28N2O5. The quantitative estimate of drug-likeness (QED) is 0.584. The minimum absolute atomic E-state index is 0.0594. The molecule has 0 unspecified atom stereocenters. The van der Waals surface area contributed by atoms with Crippen molar-refractivity contribution in [3.05, 3.63) is 59.7 Å². The van der Waals surface area contributed by atoms with Crippen LogP contribution in [0.4, 0.5) is 4.79 Å². The molecule has 1 fully saturated rings. The number of hydrogen-bond donors (Lipinski definition) is 3. The van der Waals surface area contributed by atoms with E-state index in [0.29, 0.717) is 19.3 Å². The van der Waals surface area contributed by atoms with Gasteiger partial charge in [-0.05, 0) is 47.9 Å². The van der Waals surface area contributed by atoms with E-state index in [2.05, 4.69) is 22.8 Å². The molecule has 2 aromatic carbocycles. The fourth-order valence-corrected chi connectivity index (χ4v) is 4.72. The van der Waals surface area contributed by atoms with Gasteiger partial charge < -0.3 is 20.5 Å². The fraction of sp³-hybridized carbons (Fsp3) is 0.400. The minimum Gasteiger partial charge on any atom is -0.481 e. The number of carbonyl (C=O) groups is 3. The van der Waals surface area contributed by atoms with Gasteiger partial charge in [0.2, 0.25) is 5.91 Å². The average molecular weight is 437 g/mol. The number of benzene rings is 2. The van der Waals surface area contributed by atoms with Crippen LogP contribution in [0.5, 0.6) is 0 Å². The highest BCUT2D eigenvalue weighted by Crippen LogP contribution is 2.44. The van der Waals surface area contributed by atoms with Gasteiger partial charge in [-0.1, -0.05) is 55.5 Å². The lowest BCUT2D eigenvalue weighted by molar-refractivity contribution is -0.140. The number of amides is 2. The van der Waals surface area contributed by atoms with Crippen LogP contribution in [0.2, 0.25) is 0 Å². The lowest BCUT2D eigenvalue weighted by atomic mass is 9.74. The summed E-state index contributed by atoms with van der Waals surface area (Å²) in [6.07, 6.45) is 1.75. The van der Waals surface area contributed by atoms with Crippen molar-refractivity contribution in [2.75, 3.05) is 6.61 Å². The van der Waals surface area contributed by atoms with Crippen LogP contribution in [0.1, 0.15) is 56.1 Å². The van der Waals surface area contributed by atoms with Gasteiger partial charge in [0.05, 0.1) is 12.0 Å². The van der Waals surface area contributed by atoms with Crippen LogP contribution < -0.4 is 10.6 Å². The second-order valence-electron chi connectivity index (χ2n) is 8.62. The third-order valence-corrected chi connectivity index (χ3v) is 6.55. The topological polar surface area (TPSA) is 105 Å². The molecule has 0 aromatic heterocycles. The zero-order valence-electron chi connectivity index (χ0n) is 18.1. The fourth-order valence-electron chi connectivity index (χ4n) is 4.72. The molecule has 3 N–H and O–H groups in total. The zero-order valence-corrected chi connectivity index (χ0v) is 18.1. The van der Waals surface area contributed by atoms with Gasteiger partial charge in [0, 0.05) is 5.92 Å². The molecule has 0 heterocycles. The van der Waals surface area contributed by atoms with E-state index in [4.69, 9.17) is 9.84 Å². The molecule has 7 heteroatoms. The first-order valence-corrected chi connectivity index (χ1v) is 11.1. The van der Waals surface area contributed by atoms with E-state index in [1.54, 1.807) is 6.92 Å².